The minimum absolute atomic E-state index is 0.0117. The number of thiazole rings is 1. The first-order valence-electron chi connectivity index (χ1n) is 9.31. The number of amides is 2. The van der Waals surface area contributed by atoms with Gasteiger partial charge in [-0.1, -0.05) is 12.1 Å². The van der Waals surface area contributed by atoms with Crippen molar-refractivity contribution in [1.29, 1.82) is 0 Å². The molecule has 0 saturated carbocycles. The number of nitrogens with zero attached hydrogens (tertiary/aromatic N) is 2. The van der Waals surface area contributed by atoms with E-state index in [1.54, 1.807) is 31.7 Å². The fourth-order valence-corrected chi connectivity index (χ4v) is 3.41. The summed E-state index contributed by atoms with van der Waals surface area (Å²) in [6, 6.07) is 5.89. The van der Waals surface area contributed by atoms with Crippen LogP contribution in [0.2, 0.25) is 0 Å². The van der Waals surface area contributed by atoms with E-state index in [9.17, 15) is 14.0 Å². The maximum atomic E-state index is 14.1. The molecule has 1 heterocycles. The van der Waals surface area contributed by atoms with Crippen molar-refractivity contribution >= 4 is 23.2 Å². The van der Waals surface area contributed by atoms with Crippen LogP contribution >= 0.6 is 11.3 Å². The molecule has 0 radical (unpaired) electrons. The molecule has 0 fully saturated rings. The van der Waals surface area contributed by atoms with Crippen LogP contribution in [0, 0.1) is 5.82 Å². The molecule has 1 aromatic heterocycles. The van der Waals surface area contributed by atoms with Gasteiger partial charge in [0.1, 0.15) is 16.5 Å². The third-order valence-corrected chi connectivity index (χ3v) is 4.92. The second kappa shape index (κ2) is 12.3. The Balaban J connectivity index is 2.05. The van der Waals surface area contributed by atoms with Crippen LogP contribution in [0.3, 0.4) is 0 Å². The number of rotatable bonds is 12. The molecule has 2 amide bonds. The normalized spacial score (nSPS) is 10.7. The summed E-state index contributed by atoms with van der Waals surface area (Å²) in [5, 5.41) is 5.04. The molecule has 0 aliphatic heterocycles. The average Bonchev–Trinajstić information content (AvgIpc) is 3.19. The molecule has 2 aromatic rings. The van der Waals surface area contributed by atoms with Crippen molar-refractivity contribution in [3.05, 3.63) is 51.7 Å². The highest BCUT2D eigenvalue weighted by atomic mass is 32.1. The average molecular weight is 424 g/mol. The second-order valence-corrected chi connectivity index (χ2v) is 7.22. The number of methoxy groups -OCH3 is 2. The van der Waals surface area contributed by atoms with Crippen LogP contribution in [0.1, 0.15) is 38.7 Å². The molecule has 0 saturated heterocycles. The summed E-state index contributed by atoms with van der Waals surface area (Å²) < 4.78 is 24.1. The number of carbonyl (C=O) groups is 2. The lowest BCUT2D eigenvalue weighted by Crippen LogP contribution is -2.32. The van der Waals surface area contributed by atoms with Crippen LogP contribution in [0.25, 0.3) is 0 Å². The van der Waals surface area contributed by atoms with E-state index in [2.05, 4.69) is 10.3 Å². The molecule has 0 spiro atoms. The Bertz CT molecular complexity index is 800. The Hall–Kier alpha value is -2.36. The summed E-state index contributed by atoms with van der Waals surface area (Å²) in [4.78, 5) is 30.9. The molecule has 0 unspecified atom stereocenters. The number of benzene rings is 1. The van der Waals surface area contributed by atoms with Gasteiger partial charge in [-0.25, -0.2) is 9.37 Å². The van der Waals surface area contributed by atoms with Gasteiger partial charge in [0, 0.05) is 45.9 Å². The van der Waals surface area contributed by atoms with Gasteiger partial charge >= 0.3 is 0 Å². The van der Waals surface area contributed by atoms with Gasteiger partial charge < -0.3 is 19.7 Å². The van der Waals surface area contributed by atoms with Gasteiger partial charge in [0.05, 0.1) is 12.1 Å². The van der Waals surface area contributed by atoms with Crippen molar-refractivity contribution < 1.29 is 23.5 Å². The minimum atomic E-state index is -0.565. The van der Waals surface area contributed by atoms with E-state index in [1.165, 1.54) is 28.4 Å². The number of nitrogens with one attached hydrogen (secondary N) is 1. The Morgan fingerprint density at radius 2 is 1.90 bits per heavy atom. The summed E-state index contributed by atoms with van der Waals surface area (Å²) in [5.74, 6) is -1.25. The third kappa shape index (κ3) is 7.19. The molecular formula is C20H26FN3O4S. The number of ether oxygens (including phenoxy) is 2. The topological polar surface area (TPSA) is 80.8 Å². The molecule has 9 heteroatoms. The zero-order valence-corrected chi connectivity index (χ0v) is 17.5. The van der Waals surface area contributed by atoms with E-state index in [-0.39, 0.29) is 18.0 Å². The lowest BCUT2D eigenvalue weighted by Gasteiger charge is -2.22. The summed E-state index contributed by atoms with van der Waals surface area (Å²) in [7, 11) is 3.19. The SMILES string of the molecule is COCCCNC(=O)c1csc(CN(CCCOC)C(=O)c2ccccc2F)n1. The molecule has 158 valence electrons. The highest BCUT2D eigenvalue weighted by Gasteiger charge is 2.21. The highest BCUT2D eigenvalue weighted by molar-refractivity contribution is 7.09. The number of aromatic nitrogens is 1. The van der Waals surface area contributed by atoms with E-state index >= 15 is 0 Å². The quantitative estimate of drug-likeness (QED) is 0.531. The Kier molecular flexibility index (Phi) is 9.69. The first kappa shape index (κ1) is 22.9. The van der Waals surface area contributed by atoms with Crippen molar-refractivity contribution in [2.45, 2.75) is 19.4 Å². The van der Waals surface area contributed by atoms with Gasteiger partial charge in [-0.3, -0.25) is 9.59 Å². The molecule has 0 aliphatic rings. The second-order valence-electron chi connectivity index (χ2n) is 6.28. The fraction of sp³-hybridized carbons (Fsp3) is 0.450. The van der Waals surface area contributed by atoms with Crippen molar-refractivity contribution in [2.75, 3.05) is 40.5 Å². The monoisotopic (exact) mass is 423 g/mol. The predicted molar refractivity (Wildman–Crippen MR) is 109 cm³/mol. The third-order valence-electron chi connectivity index (χ3n) is 4.09. The van der Waals surface area contributed by atoms with Gasteiger partial charge in [-0.15, -0.1) is 11.3 Å². The van der Waals surface area contributed by atoms with Gasteiger partial charge in [0.15, 0.2) is 0 Å². The van der Waals surface area contributed by atoms with Crippen molar-refractivity contribution in [2.24, 2.45) is 0 Å². The lowest BCUT2D eigenvalue weighted by molar-refractivity contribution is 0.0719. The molecule has 2 rings (SSSR count). The highest BCUT2D eigenvalue weighted by Crippen LogP contribution is 2.17. The largest absolute Gasteiger partial charge is 0.385 e. The van der Waals surface area contributed by atoms with Gasteiger partial charge in [0.2, 0.25) is 0 Å². The van der Waals surface area contributed by atoms with Crippen LogP contribution in [0.15, 0.2) is 29.6 Å². The van der Waals surface area contributed by atoms with Crippen molar-refractivity contribution in [3.63, 3.8) is 0 Å². The zero-order valence-electron chi connectivity index (χ0n) is 16.7. The zero-order chi connectivity index (χ0) is 21.1. The molecule has 7 nitrogen and oxygen atoms in total. The van der Waals surface area contributed by atoms with E-state index in [4.69, 9.17) is 9.47 Å². The smallest absolute Gasteiger partial charge is 0.270 e. The van der Waals surface area contributed by atoms with E-state index in [0.29, 0.717) is 49.8 Å². The van der Waals surface area contributed by atoms with E-state index in [1.807, 2.05) is 0 Å². The first-order chi connectivity index (χ1) is 14.1. The van der Waals surface area contributed by atoms with E-state index < -0.39 is 11.7 Å². The summed E-state index contributed by atoms with van der Waals surface area (Å²) in [5.41, 5.74) is 0.315. The predicted octanol–water partition coefficient (Wildman–Crippen LogP) is 2.73. The summed E-state index contributed by atoms with van der Waals surface area (Å²) in [6.07, 6.45) is 1.32. The number of hydrogen-bond donors (Lipinski definition) is 1. The lowest BCUT2D eigenvalue weighted by atomic mass is 10.2. The first-order valence-corrected chi connectivity index (χ1v) is 10.2. The van der Waals surface area contributed by atoms with Gasteiger partial charge in [0.25, 0.3) is 11.8 Å². The number of carbonyl (C=O) groups excluding carboxylic acids is 2. The standard InChI is InChI=1S/C20H26FN3O4S/c1-27-11-5-9-22-19(25)17-14-29-18(23-17)13-24(10-6-12-28-2)20(26)15-7-3-4-8-16(15)21/h3-4,7-8,14H,5-6,9-13H2,1-2H3,(H,22,25). The van der Waals surface area contributed by atoms with Crippen molar-refractivity contribution in [3.8, 4) is 0 Å². The van der Waals surface area contributed by atoms with Crippen LogP contribution in [-0.4, -0.2) is 62.2 Å². The minimum Gasteiger partial charge on any atom is -0.385 e. The van der Waals surface area contributed by atoms with E-state index in [0.717, 1.165) is 0 Å². The van der Waals surface area contributed by atoms with Gasteiger partial charge in [-0.05, 0) is 25.0 Å². The Labute approximate surface area is 173 Å². The molecular weight excluding hydrogens is 397 g/mol. The molecule has 29 heavy (non-hydrogen) atoms. The van der Waals surface area contributed by atoms with Crippen LogP contribution in [0.4, 0.5) is 4.39 Å². The molecule has 1 aromatic carbocycles. The Morgan fingerprint density at radius 1 is 1.17 bits per heavy atom. The molecule has 0 atom stereocenters. The maximum Gasteiger partial charge on any atom is 0.270 e. The summed E-state index contributed by atoms with van der Waals surface area (Å²) >= 11 is 1.29. The molecule has 1 N–H and O–H groups in total. The maximum absolute atomic E-state index is 14.1. The number of hydrogen-bond acceptors (Lipinski definition) is 6. The summed E-state index contributed by atoms with van der Waals surface area (Å²) in [6.45, 7) is 2.12. The Morgan fingerprint density at radius 3 is 2.62 bits per heavy atom. The fourth-order valence-electron chi connectivity index (χ4n) is 2.62. The number of halogens is 1. The van der Waals surface area contributed by atoms with Crippen LogP contribution in [-0.2, 0) is 16.0 Å². The molecule has 0 aliphatic carbocycles. The van der Waals surface area contributed by atoms with Crippen LogP contribution < -0.4 is 5.32 Å². The van der Waals surface area contributed by atoms with Crippen molar-refractivity contribution in [1.82, 2.24) is 15.2 Å². The molecule has 0 bridgehead atoms. The van der Waals surface area contributed by atoms with Gasteiger partial charge in [-0.2, -0.15) is 0 Å². The van der Waals surface area contributed by atoms with Crippen LogP contribution in [0.5, 0.6) is 0 Å².